The molecule has 12 heavy (non-hydrogen) atoms. The van der Waals surface area contributed by atoms with Gasteiger partial charge in [0.1, 0.15) is 5.78 Å². The molecule has 1 unspecified atom stereocenters. The van der Waals surface area contributed by atoms with Gasteiger partial charge < -0.3 is 5.11 Å². The molecule has 0 spiro atoms. The second kappa shape index (κ2) is 3.70. The topological polar surface area (TPSA) is 54.4 Å². The third-order valence-electron chi connectivity index (χ3n) is 2.47. The lowest BCUT2D eigenvalue weighted by Crippen LogP contribution is -2.35. The van der Waals surface area contributed by atoms with E-state index in [1.807, 2.05) is 0 Å². The average molecular weight is 172 g/mol. The van der Waals surface area contributed by atoms with Gasteiger partial charge in [-0.1, -0.05) is 13.8 Å². The number of hydrogen-bond donors (Lipinski definition) is 1. The first-order valence-corrected chi connectivity index (χ1v) is 4.10. The summed E-state index contributed by atoms with van der Waals surface area (Å²) in [6.07, 6.45) is 0.401. The second-order valence-corrected chi connectivity index (χ2v) is 3.57. The Morgan fingerprint density at radius 1 is 1.42 bits per heavy atom. The lowest BCUT2D eigenvalue weighted by Gasteiger charge is -2.25. The number of hydrogen-bond acceptors (Lipinski definition) is 2. The third kappa shape index (κ3) is 2.06. The average Bonchev–Trinajstić information content (AvgIpc) is 2.01. The molecular weight excluding hydrogens is 156 g/mol. The highest BCUT2D eigenvalue weighted by atomic mass is 16.4. The van der Waals surface area contributed by atoms with Crippen LogP contribution in [0.15, 0.2) is 0 Å². The van der Waals surface area contributed by atoms with E-state index in [-0.39, 0.29) is 5.78 Å². The summed E-state index contributed by atoms with van der Waals surface area (Å²) in [5.41, 5.74) is -0.951. The zero-order chi connectivity index (χ0) is 9.94. The lowest BCUT2D eigenvalue weighted by molar-refractivity contribution is -0.152. The molecule has 0 heterocycles. The molecule has 0 aliphatic carbocycles. The van der Waals surface area contributed by atoms with Crippen LogP contribution in [0.2, 0.25) is 0 Å². The largest absolute Gasteiger partial charge is 0.481 e. The van der Waals surface area contributed by atoms with Crippen molar-refractivity contribution in [1.29, 1.82) is 0 Å². The molecule has 0 aliphatic rings. The van der Waals surface area contributed by atoms with Crippen molar-refractivity contribution in [2.75, 3.05) is 0 Å². The van der Waals surface area contributed by atoms with Crippen LogP contribution >= 0.6 is 0 Å². The zero-order valence-electron chi connectivity index (χ0n) is 8.05. The fraction of sp³-hybridized carbons (Fsp3) is 0.778. The monoisotopic (exact) mass is 172 g/mol. The van der Waals surface area contributed by atoms with Crippen molar-refractivity contribution < 1.29 is 14.7 Å². The van der Waals surface area contributed by atoms with Crippen molar-refractivity contribution in [2.24, 2.45) is 11.3 Å². The quantitative estimate of drug-likeness (QED) is 0.702. The molecule has 0 amide bonds. The summed E-state index contributed by atoms with van der Waals surface area (Å²) < 4.78 is 0. The SMILES string of the molecule is CCC(=O)C(C)C(C)(C)C(=O)O. The van der Waals surface area contributed by atoms with Gasteiger partial charge in [0.25, 0.3) is 0 Å². The number of carbonyl (C=O) groups is 2. The molecule has 0 saturated carbocycles. The van der Waals surface area contributed by atoms with Gasteiger partial charge in [-0.15, -0.1) is 0 Å². The van der Waals surface area contributed by atoms with Crippen LogP contribution in [0.3, 0.4) is 0 Å². The summed E-state index contributed by atoms with van der Waals surface area (Å²) in [4.78, 5) is 21.9. The summed E-state index contributed by atoms with van der Waals surface area (Å²) in [6.45, 7) is 6.57. The van der Waals surface area contributed by atoms with Crippen molar-refractivity contribution in [2.45, 2.75) is 34.1 Å². The van der Waals surface area contributed by atoms with Crippen LogP contribution in [-0.2, 0) is 9.59 Å². The molecule has 0 aliphatic heterocycles. The maximum Gasteiger partial charge on any atom is 0.309 e. The number of carboxylic acid groups (broad SMARTS) is 1. The smallest absolute Gasteiger partial charge is 0.309 e. The summed E-state index contributed by atoms with van der Waals surface area (Å²) >= 11 is 0. The highest BCUT2D eigenvalue weighted by Crippen LogP contribution is 2.28. The van der Waals surface area contributed by atoms with Crippen LogP contribution in [0.5, 0.6) is 0 Å². The van der Waals surface area contributed by atoms with E-state index in [1.54, 1.807) is 27.7 Å². The van der Waals surface area contributed by atoms with Gasteiger partial charge in [0.2, 0.25) is 0 Å². The van der Waals surface area contributed by atoms with Gasteiger partial charge >= 0.3 is 5.97 Å². The van der Waals surface area contributed by atoms with Crippen molar-refractivity contribution in [3.63, 3.8) is 0 Å². The Hall–Kier alpha value is -0.860. The summed E-state index contributed by atoms with van der Waals surface area (Å²) in [5.74, 6) is -1.33. The molecule has 3 heteroatoms. The second-order valence-electron chi connectivity index (χ2n) is 3.57. The van der Waals surface area contributed by atoms with Crippen LogP contribution in [0.25, 0.3) is 0 Å². The Morgan fingerprint density at radius 2 is 1.83 bits per heavy atom. The van der Waals surface area contributed by atoms with Crippen LogP contribution in [-0.4, -0.2) is 16.9 Å². The van der Waals surface area contributed by atoms with Crippen LogP contribution in [0.1, 0.15) is 34.1 Å². The van der Waals surface area contributed by atoms with Crippen molar-refractivity contribution in [3.05, 3.63) is 0 Å². The van der Waals surface area contributed by atoms with E-state index in [1.165, 1.54) is 0 Å². The molecule has 0 aromatic carbocycles. The Kier molecular flexibility index (Phi) is 3.43. The molecule has 0 radical (unpaired) electrons. The van der Waals surface area contributed by atoms with Gasteiger partial charge in [-0.25, -0.2) is 0 Å². The van der Waals surface area contributed by atoms with Gasteiger partial charge in [-0.05, 0) is 13.8 Å². The standard InChI is InChI=1S/C9H16O3/c1-5-7(10)6(2)9(3,4)8(11)12/h6H,5H2,1-4H3,(H,11,12). The predicted octanol–water partition coefficient (Wildman–Crippen LogP) is 1.71. The Balaban J connectivity index is 4.56. The maximum atomic E-state index is 11.2. The van der Waals surface area contributed by atoms with E-state index in [0.29, 0.717) is 6.42 Å². The summed E-state index contributed by atoms with van der Waals surface area (Å²) in [7, 11) is 0. The van der Waals surface area contributed by atoms with Crippen LogP contribution in [0.4, 0.5) is 0 Å². The first-order valence-electron chi connectivity index (χ1n) is 4.10. The highest BCUT2D eigenvalue weighted by Gasteiger charge is 2.37. The predicted molar refractivity (Wildman–Crippen MR) is 45.9 cm³/mol. The Bertz CT molecular complexity index is 194. The minimum absolute atomic E-state index is 0.00222. The molecule has 0 bridgehead atoms. The zero-order valence-corrected chi connectivity index (χ0v) is 8.05. The van der Waals surface area contributed by atoms with Gasteiger partial charge in [-0.3, -0.25) is 9.59 Å². The maximum absolute atomic E-state index is 11.2. The third-order valence-corrected chi connectivity index (χ3v) is 2.47. The van der Waals surface area contributed by atoms with E-state index >= 15 is 0 Å². The molecule has 1 atom stereocenters. The van der Waals surface area contributed by atoms with E-state index in [0.717, 1.165) is 0 Å². The van der Waals surface area contributed by atoms with Crippen LogP contribution in [0, 0.1) is 11.3 Å². The Morgan fingerprint density at radius 3 is 2.08 bits per heavy atom. The number of aliphatic carboxylic acids is 1. The van der Waals surface area contributed by atoms with Gasteiger partial charge in [0, 0.05) is 12.3 Å². The fourth-order valence-electron chi connectivity index (χ4n) is 0.894. The number of carbonyl (C=O) groups excluding carboxylic acids is 1. The number of ketones is 1. The van der Waals surface area contributed by atoms with Gasteiger partial charge in [-0.2, -0.15) is 0 Å². The normalized spacial score (nSPS) is 14.0. The Labute approximate surface area is 72.8 Å². The molecular formula is C9H16O3. The minimum atomic E-state index is -0.951. The number of Topliss-reactive ketones (excluding diaryl/α,β-unsaturated/α-hetero) is 1. The first-order chi connectivity index (χ1) is 5.34. The van der Waals surface area contributed by atoms with E-state index in [9.17, 15) is 9.59 Å². The van der Waals surface area contributed by atoms with Crippen LogP contribution < -0.4 is 0 Å². The number of rotatable bonds is 4. The molecule has 1 N–H and O–H groups in total. The molecule has 0 saturated heterocycles. The lowest BCUT2D eigenvalue weighted by atomic mass is 9.77. The molecule has 0 aromatic rings. The van der Waals surface area contributed by atoms with Gasteiger partial charge in [0.05, 0.1) is 5.41 Å². The fourth-order valence-corrected chi connectivity index (χ4v) is 0.894. The van der Waals surface area contributed by atoms with Crippen molar-refractivity contribution >= 4 is 11.8 Å². The number of carboxylic acids is 1. The first kappa shape index (κ1) is 11.1. The van der Waals surface area contributed by atoms with Crippen molar-refractivity contribution in [1.82, 2.24) is 0 Å². The minimum Gasteiger partial charge on any atom is -0.481 e. The van der Waals surface area contributed by atoms with E-state index in [4.69, 9.17) is 5.11 Å². The van der Waals surface area contributed by atoms with Crippen molar-refractivity contribution in [3.8, 4) is 0 Å². The molecule has 70 valence electrons. The summed E-state index contributed by atoms with van der Waals surface area (Å²) in [6, 6.07) is 0. The molecule has 3 nitrogen and oxygen atoms in total. The molecule has 0 rings (SSSR count). The molecule has 0 fully saturated rings. The van der Waals surface area contributed by atoms with E-state index in [2.05, 4.69) is 0 Å². The van der Waals surface area contributed by atoms with Gasteiger partial charge in [0.15, 0.2) is 0 Å². The summed E-state index contributed by atoms with van der Waals surface area (Å²) in [5, 5.41) is 8.80. The molecule has 0 aromatic heterocycles. The van der Waals surface area contributed by atoms with E-state index < -0.39 is 17.3 Å². The highest BCUT2D eigenvalue weighted by molar-refractivity contribution is 5.87.